The number of aromatic nitrogens is 1. The Balaban J connectivity index is 1.63. The zero-order valence-corrected chi connectivity index (χ0v) is 13.9. The van der Waals surface area contributed by atoms with Crippen LogP contribution >= 0.6 is 0 Å². The number of aliphatic hydroxyl groups excluding tert-OH is 1. The van der Waals surface area contributed by atoms with Crippen LogP contribution in [0.25, 0.3) is 0 Å². The summed E-state index contributed by atoms with van der Waals surface area (Å²) in [5, 5.41) is 13.1. The molecule has 1 aliphatic carbocycles. The van der Waals surface area contributed by atoms with Gasteiger partial charge in [0.05, 0.1) is 11.8 Å². The summed E-state index contributed by atoms with van der Waals surface area (Å²) < 4.78 is 7.45. The van der Waals surface area contributed by atoms with Gasteiger partial charge in [0.15, 0.2) is 0 Å². The molecule has 1 saturated carbocycles. The van der Waals surface area contributed by atoms with E-state index in [1.807, 2.05) is 26.8 Å². The number of aliphatic hydroxyl groups is 1. The van der Waals surface area contributed by atoms with Crippen molar-refractivity contribution >= 4 is 5.91 Å². The van der Waals surface area contributed by atoms with E-state index in [9.17, 15) is 9.90 Å². The molecule has 5 nitrogen and oxygen atoms in total. The highest BCUT2D eigenvalue weighted by molar-refractivity contribution is 5.95. The van der Waals surface area contributed by atoms with Gasteiger partial charge in [0.2, 0.25) is 0 Å². The smallest absolute Gasteiger partial charge is 0.253 e. The average molecular weight is 316 g/mol. The maximum atomic E-state index is 12.5. The fourth-order valence-corrected chi connectivity index (χ4v) is 3.19. The van der Waals surface area contributed by atoms with Gasteiger partial charge in [-0.2, -0.15) is 0 Å². The molecule has 0 saturated heterocycles. The molecule has 5 heteroatoms. The predicted octanol–water partition coefficient (Wildman–Crippen LogP) is 3.27. The fourth-order valence-electron chi connectivity index (χ4n) is 3.19. The number of hydrogen-bond acceptors (Lipinski definition) is 3. The monoisotopic (exact) mass is 316 g/mol. The number of nitrogens with one attached hydrogen (secondary N) is 1. The van der Waals surface area contributed by atoms with Crippen molar-refractivity contribution < 1.29 is 14.3 Å². The van der Waals surface area contributed by atoms with Crippen LogP contribution in [0, 0.1) is 13.8 Å². The quantitative estimate of drug-likeness (QED) is 0.859. The summed E-state index contributed by atoms with van der Waals surface area (Å²) in [7, 11) is 0. The van der Waals surface area contributed by atoms with Gasteiger partial charge in [-0.1, -0.05) is 0 Å². The highest BCUT2D eigenvalue weighted by Crippen LogP contribution is 2.38. The van der Waals surface area contributed by atoms with Crippen molar-refractivity contribution in [1.29, 1.82) is 0 Å². The van der Waals surface area contributed by atoms with Crippen molar-refractivity contribution in [2.75, 3.05) is 0 Å². The van der Waals surface area contributed by atoms with Gasteiger partial charge in [-0.15, -0.1) is 0 Å². The third kappa shape index (κ3) is 3.34. The summed E-state index contributed by atoms with van der Waals surface area (Å²) >= 11 is 0. The Morgan fingerprint density at radius 2 is 2.22 bits per heavy atom. The van der Waals surface area contributed by atoms with Crippen LogP contribution in [0.15, 0.2) is 28.9 Å². The Kier molecular flexibility index (Phi) is 4.31. The zero-order valence-electron chi connectivity index (χ0n) is 13.9. The zero-order chi connectivity index (χ0) is 16.6. The van der Waals surface area contributed by atoms with Crippen LogP contribution in [0.5, 0.6) is 0 Å². The van der Waals surface area contributed by atoms with E-state index in [0.29, 0.717) is 18.2 Å². The van der Waals surface area contributed by atoms with E-state index >= 15 is 0 Å². The van der Waals surface area contributed by atoms with E-state index < -0.39 is 6.10 Å². The first-order chi connectivity index (χ1) is 11.0. The third-order valence-electron chi connectivity index (χ3n) is 4.47. The second-order valence-corrected chi connectivity index (χ2v) is 6.53. The van der Waals surface area contributed by atoms with Gasteiger partial charge in [-0.05, 0) is 51.8 Å². The molecule has 0 aromatic carbocycles. The molecule has 1 aliphatic rings. The summed E-state index contributed by atoms with van der Waals surface area (Å²) in [6.07, 6.45) is 3.64. The summed E-state index contributed by atoms with van der Waals surface area (Å²) in [5.41, 5.74) is 2.90. The Morgan fingerprint density at radius 3 is 2.83 bits per heavy atom. The van der Waals surface area contributed by atoms with E-state index in [-0.39, 0.29) is 11.9 Å². The molecule has 1 amide bonds. The fraction of sp³-hybridized carbons (Fsp3) is 0.500. The van der Waals surface area contributed by atoms with Crippen molar-refractivity contribution in [2.45, 2.75) is 58.2 Å². The molecular weight excluding hydrogens is 292 g/mol. The van der Waals surface area contributed by atoms with Crippen molar-refractivity contribution in [1.82, 2.24) is 9.88 Å². The normalized spacial score (nSPS) is 17.0. The third-order valence-corrected chi connectivity index (χ3v) is 4.47. The number of nitrogens with zero attached hydrogens (tertiary/aromatic N) is 1. The summed E-state index contributed by atoms with van der Waals surface area (Å²) in [6.45, 7) is 5.94. The van der Waals surface area contributed by atoms with Gasteiger partial charge in [-0.25, -0.2) is 0 Å². The van der Waals surface area contributed by atoms with Crippen LogP contribution < -0.4 is 5.32 Å². The largest absolute Gasteiger partial charge is 0.467 e. The summed E-state index contributed by atoms with van der Waals surface area (Å²) in [4.78, 5) is 12.5. The number of carbonyl (C=O) groups is 1. The van der Waals surface area contributed by atoms with Gasteiger partial charge >= 0.3 is 0 Å². The molecule has 2 atom stereocenters. The SMILES string of the molecule is Cc1cc(C(=O)NC(C)CC(O)c2ccco2)c(C)n1C1CC1. The Hall–Kier alpha value is -2.01. The molecule has 2 heterocycles. The lowest BCUT2D eigenvalue weighted by Crippen LogP contribution is -2.34. The summed E-state index contributed by atoms with van der Waals surface area (Å²) in [5.74, 6) is 0.446. The lowest BCUT2D eigenvalue weighted by atomic mass is 10.1. The van der Waals surface area contributed by atoms with Crippen molar-refractivity contribution in [3.63, 3.8) is 0 Å². The molecule has 124 valence electrons. The maximum Gasteiger partial charge on any atom is 0.253 e. The Bertz CT molecular complexity index is 683. The predicted molar refractivity (Wildman–Crippen MR) is 87.4 cm³/mol. The van der Waals surface area contributed by atoms with Gasteiger partial charge in [0.25, 0.3) is 5.91 Å². The summed E-state index contributed by atoms with van der Waals surface area (Å²) in [6, 6.07) is 5.86. The van der Waals surface area contributed by atoms with Crippen LogP contribution in [0.4, 0.5) is 0 Å². The molecule has 2 N–H and O–H groups in total. The number of carbonyl (C=O) groups excluding carboxylic acids is 1. The van der Waals surface area contributed by atoms with Crippen LogP contribution in [-0.2, 0) is 0 Å². The van der Waals surface area contributed by atoms with Crippen LogP contribution in [-0.4, -0.2) is 21.6 Å². The molecule has 23 heavy (non-hydrogen) atoms. The minimum Gasteiger partial charge on any atom is -0.467 e. The molecule has 0 radical (unpaired) electrons. The van der Waals surface area contributed by atoms with E-state index in [0.717, 1.165) is 17.0 Å². The van der Waals surface area contributed by atoms with E-state index in [1.54, 1.807) is 12.1 Å². The highest BCUT2D eigenvalue weighted by atomic mass is 16.4. The average Bonchev–Trinajstić information content (AvgIpc) is 3.06. The molecule has 1 fully saturated rings. The van der Waals surface area contributed by atoms with E-state index in [4.69, 9.17) is 4.42 Å². The molecular formula is C18H24N2O3. The molecule has 2 aromatic rings. The van der Waals surface area contributed by atoms with Gasteiger partial charge in [-0.3, -0.25) is 4.79 Å². The van der Waals surface area contributed by atoms with Crippen molar-refractivity contribution in [2.24, 2.45) is 0 Å². The molecule has 0 spiro atoms. The number of furan rings is 1. The second kappa shape index (κ2) is 6.24. The van der Waals surface area contributed by atoms with Crippen molar-refractivity contribution in [3.05, 3.63) is 47.2 Å². The number of rotatable bonds is 6. The molecule has 0 bridgehead atoms. The van der Waals surface area contributed by atoms with E-state index in [1.165, 1.54) is 19.1 Å². The second-order valence-electron chi connectivity index (χ2n) is 6.53. The highest BCUT2D eigenvalue weighted by Gasteiger charge is 2.28. The van der Waals surface area contributed by atoms with Crippen LogP contribution in [0.3, 0.4) is 0 Å². The van der Waals surface area contributed by atoms with Gasteiger partial charge in [0, 0.05) is 29.9 Å². The molecule has 0 aliphatic heterocycles. The lowest BCUT2D eigenvalue weighted by Gasteiger charge is -2.17. The molecule has 2 unspecified atom stereocenters. The van der Waals surface area contributed by atoms with Gasteiger partial charge in [0.1, 0.15) is 11.9 Å². The van der Waals surface area contributed by atoms with Crippen LogP contribution in [0.2, 0.25) is 0 Å². The minimum atomic E-state index is -0.709. The standard InChI is InChI=1S/C18H24N2O3/c1-11(9-16(21)17-5-4-8-23-17)19-18(22)15-10-12(2)20(13(15)3)14-6-7-14/h4-5,8,10-11,14,16,21H,6-7,9H2,1-3H3,(H,19,22). The Labute approximate surface area is 136 Å². The first-order valence-electron chi connectivity index (χ1n) is 8.18. The maximum absolute atomic E-state index is 12.5. The van der Waals surface area contributed by atoms with Crippen molar-refractivity contribution in [3.8, 4) is 0 Å². The topological polar surface area (TPSA) is 67.4 Å². The minimum absolute atomic E-state index is 0.0795. The first kappa shape index (κ1) is 15.9. The lowest BCUT2D eigenvalue weighted by molar-refractivity contribution is 0.0902. The van der Waals surface area contributed by atoms with E-state index in [2.05, 4.69) is 9.88 Å². The molecule has 3 rings (SSSR count). The Morgan fingerprint density at radius 1 is 1.48 bits per heavy atom. The first-order valence-corrected chi connectivity index (χ1v) is 8.18. The number of aryl methyl sites for hydroxylation is 1. The number of amides is 1. The van der Waals surface area contributed by atoms with Crippen LogP contribution in [0.1, 0.15) is 65.8 Å². The number of hydrogen-bond donors (Lipinski definition) is 2. The molecule has 2 aromatic heterocycles. The van der Waals surface area contributed by atoms with Gasteiger partial charge < -0.3 is 19.4 Å².